The fraction of sp³-hybridized carbons (Fsp3) is 0.444. The first-order valence-electron chi connectivity index (χ1n) is 7.52. The molecule has 0 bridgehead atoms. The van der Waals surface area contributed by atoms with Gasteiger partial charge in [-0.3, -0.25) is 0 Å². The molecule has 0 unspecified atom stereocenters. The van der Waals surface area contributed by atoms with Crippen molar-refractivity contribution in [3.05, 3.63) is 55.2 Å². The standard InChI is InChI=1S/C13H19.C5H5.2ClH.Zr/c1-2-3-4-5-6-7-10-13-11-8-9-12-13;1-2-4-5-3-1;;;/h2,8-9H,1,3-7,10-11H2;1-3H,4H2;2*1H;/q;;;;+2/p-2. The Hall–Kier alpha value is 0.163. The number of hydrogen-bond donors (Lipinski definition) is 0. The summed E-state index contributed by atoms with van der Waals surface area (Å²) in [5.74, 6) is 0. The van der Waals surface area contributed by atoms with Crippen molar-refractivity contribution in [2.45, 2.75) is 51.4 Å². The predicted octanol–water partition coefficient (Wildman–Crippen LogP) is -0.339. The zero-order valence-corrected chi connectivity index (χ0v) is 16.6. The molecule has 0 aliphatic heterocycles. The van der Waals surface area contributed by atoms with E-state index >= 15 is 0 Å². The van der Waals surface area contributed by atoms with E-state index in [9.17, 15) is 0 Å². The van der Waals surface area contributed by atoms with Crippen LogP contribution in [0.25, 0.3) is 0 Å². The number of rotatable bonds is 9. The molecule has 0 radical (unpaired) electrons. The first kappa shape index (κ1) is 21.2. The molecule has 0 spiro atoms. The van der Waals surface area contributed by atoms with Crippen molar-refractivity contribution in [2.75, 3.05) is 0 Å². The minimum absolute atomic E-state index is 0. The summed E-state index contributed by atoms with van der Waals surface area (Å²) in [5.41, 5.74) is 1.77. The van der Waals surface area contributed by atoms with Gasteiger partial charge < -0.3 is 24.8 Å². The van der Waals surface area contributed by atoms with Crippen molar-refractivity contribution in [1.82, 2.24) is 0 Å². The van der Waals surface area contributed by atoms with Crippen LogP contribution in [0, 0.1) is 0 Å². The molecule has 0 nitrogen and oxygen atoms in total. The molecule has 0 N–H and O–H groups in total. The van der Waals surface area contributed by atoms with E-state index in [0.717, 1.165) is 0 Å². The molecule has 0 amide bonds. The quantitative estimate of drug-likeness (QED) is 0.366. The average Bonchev–Trinajstić information content (AvgIpc) is 3.06. The zero-order valence-electron chi connectivity index (χ0n) is 12.6. The molecule has 0 fully saturated rings. The molecule has 3 heteroatoms. The van der Waals surface area contributed by atoms with Gasteiger partial charge in [0.25, 0.3) is 0 Å². The summed E-state index contributed by atoms with van der Waals surface area (Å²) < 4.78 is 3.51. The van der Waals surface area contributed by atoms with Crippen LogP contribution in [0.2, 0.25) is 0 Å². The van der Waals surface area contributed by atoms with Gasteiger partial charge in [0.05, 0.1) is 0 Å². The van der Waals surface area contributed by atoms with Crippen LogP contribution < -0.4 is 24.8 Å². The Morgan fingerprint density at radius 1 is 1.05 bits per heavy atom. The smallest absolute Gasteiger partial charge is 1.00 e. The van der Waals surface area contributed by atoms with Gasteiger partial charge in [-0.15, -0.1) is 0 Å². The third-order valence-corrected chi connectivity index (χ3v) is 7.37. The van der Waals surface area contributed by atoms with Crippen molar-refractivity contribution in [3.8, 4) is 0 Å². The van der Waals surface area contributed by atoms with Crippen LogP contribution in [-0.4, -0.2) is 0 Å². The number of halogens is 2. The van der Waals surface area contributed by atoms with Gasteiger partial charge in [0.15, 0.2) is 0 Å². The van der Waals surface area contributed by atoms with Gasteiger partial charge in [-0.25, -0.2) is 0 Å². The minimum atomic E-state index is -0.450. The van der Waals surface area contributed by atoms with E-state index in [1.807, 2.05) is 6.08 Å². The summed E-state index contributed by atoms with van der Waals surface area (Å²) >= 11 is -0.450. The second-order valence-electron chi connectivity index (χ2n) is 5.31. The van der Waals surface area contributed by atoms with Crippen LogP contribution in [-0.2, 0) is 23.2 Å². The molecule has 21 heavy (non-hydrogen) atoms. The zero-order chi connectivity index (χ0) is 13.3. The SMILES string of the molecule is C=CCCCCCCC1=[C]([Zr+2][C]2=CC=CC2)C=CC1.[Cl-].[Cl-]. The van der Waals surface area contributed by atoms with Gasteiger partial charge in [0, 0.05) is 0 Å². The summed E-state index contributed by atoms with van der Waals surface area (Å²) in [4.78, 5) is 0. The first-order chi connectivity index (χ1) is 9.40. The fourth-order valence-electron chi connectivity index (χ4n) is 2.61. The Morgan fingerprint density at radius 3 is 2.57 bits per heavy atom. The van der Waals surface area contributed by atoms with E-state index in [0.29, 0.717) is 0 Å². The van der Waals surface area contributed by atoms with E-state index in [2.05, 4.69) is 37.0 Å². The van der Waals surface area contributed by atoms with Crippen molar-refractivity contribution in [3.63, 3.8) is 0 Å². The molecule has 0 heterocycles. The Balaban J connectivity index is 0.00000200. The Kier molecular flexibility index (Phi) is 12.8. The minimum Gasteiger partial charge on any atom is -1.00 e. The monoisotopic (exact) mass is 400 g/mol. The summed E-state index contributed by atoms with van der Waals surface area (Å²) in [6.07, 6.45) is 24.2. The van der Waals surface area contributed by atoms with E-state index in [4.69, 9.17) is 0 Å². The van der Waals surface area contributed by atoms with Crippen molar-refractivity contribution < 1.29 is 48.0 Å². The van der Waals surface area contributed by atoms with Crippen LogP contribution in [0.3, 0.4) is 0 Å². The summed E-state index contributed by atoms with van der Waals surface area (Å²) in [7, 11) is 0. The molecule has 0 saturated carbocycles. The molecular formula is C18H24Cl2Zr. The summed E-state index contributed by atoms with van der Waals surface area (Å²) in [6, 6.07) is 0. The maximum Gasteiger partial charge on any atom is -1.00 e. The van der Waals surface area contributed by atoms with Crippen LogP contribution in [0.15, 0.2) is 55.2 Å². The molecule has 0 aromatic heterocycles. The second-order valence-corrected chi connectivity index (χ2v) is 8.83. The number of unbranched alkanes of at least 4 members (excludes halogenated alkanes) is 4. The van der Waals surface area contributed by atoms with E-state index < -0.39 is 23.2 Å². The van der Waals surface area contributed by atoms with Gasteiger partial charge >= 0.3 is 130 Å². The van der Waals surface area contributed by atoms with E-state index in [1.165, 1.54) is 51.4 Å². The van der Waals surface area contributed by atoms with Gasteiger partial charge in [-0.2, -0.15) is 0 Å². The van der Waals surface area contributed by atoms with E-state index in [1.54, 1.807) is 12.1 Å². The summed E-state index contributed by atoms with van der Waals surface area (Å²) in [5, 5.41) is 0. The summed E-state index contributed by atoms with van der Waals surface area (Å²) in [6.45, 7) is 3.78. The van der Waals surface area contributed by atoms with Crippen molar-refractivity contribution in [1.29, 1.82) is 0 Å². The third-order valence-electron chi connectivity index (χ3n) is 3.73. The largest absolute Gasteiger partial charge is 1.00 e. The van der Waals surface area contributed by atoms with Gasteiger partial charge in [0.1, 0.15) is 0 Å². The van der Waals surface area contributed by atoms with Crippen LogP contribution >= 0.6 is 0 Å². The number of hydrogen-bond acceptors (Lipinski definition) is 0. The van der Waals surface area contributed by atoms with E-state index in [-0.39, 0.29) is 24.8 Å². The maximum absolute atomic E-state index is 3.78. The molecule has 0 saturated heterocycles. The van der Waals surface area contributed by atoms with Gasteiger partial charge in [0.2, 0.25) is 0 Å². The van der Waals surface area contributed by atoms with Crippen molar-refractivity contribution in [2.24, 2.45) is 0 Å². The second kappa shape index (κ2) is 12.7. The molecule has 2 rings (SSSR count). The molecule has 2 aliphatic rings. The predicted molar refractivity (Wildman–Crippen MR) is 80.5 cm³/mol. The molecular weight excluding hydrogens is 378 g/mol. The molecule has 0 aromatic rings. The molecule has 0 atom stereocenters. The van der Waals surface area contributed by atoms with Crippen LogP contribution in [0.1, 0.15) is 51.4 Å². The Morgan fingerprint density at radius 2 is 1.86 bits per heavy atom. The Bertz CT molecular complexity index is 430. The topological polar surface area (TPSA) is 0 Å². The molecule has 0 aromatic carbocycles. The Labute approximate surface area is 153 Å². The normalized spacial score (nSPS) is 15.3. The fourth-order valence-corrected chi connectivity index (χ4v) is 5.93. The van der Waals surface area contributed by atoms with Gasteiger partial charge in [-0.05, 0) is 0 Å². The van der Waals surface area contributed by atoms with Crippen molar-refractivity contribution >= 4 is 0 Å². The average molecular weight is 403 g/mol. The molecule has 114 valence electrons. The van der Waals surface area contributed by atoms with Crippen LogP contribution in [0.5, 0.6) is 0 Å². The first-order valence-corrected chi connectivity index (χ1v) is 9.98. The maximum atomic E-state index is 3.78. The number of allylic oxidation sites excluding steroid dienone is 9. The third kappa shape index (κ3) is 7.82. The molecule has 2 aliphatic carbocycles. The van der Waals surface area contributed by atoms with Gasteiger partial charge in [-0.1, -0.05) is 0 Å². The van der Waals surface area contributed by atoms with Crippen LogP contribution in [0.4, 0.5) is 0 Å².